The lowest BCUT2D eigenvalue weighted by Gasteiger charge is -2.26. The summed E-state index contributed by atoms with van der Waals surface area (Å²) in [6, 6.07) is 0. The molecule has 7 heteroatoms. The Morgan fingerprint density at radius 1 is 1.14 bits per heavy atom. The summed E-state index contributed by atoms with van der Waals surface area (Å²) in [4.78, 5) is 34.2. The zero-order valence-corrected chi connectivity index (χ0v) is 13.4. The van der Waals surface area contributed by atoms with Crippen molar-refractivity contribution >= 4 is 30.5 Å². The third kappa shape index (κ3) is 8.39. The summed E-state index contributed by atoms with van der Waals surface area (Å²) in [5.74, 6) is -1.71. The highest BCUT2D eigenvalue weighted by atomic mass is 32.1. The van der Waals surface area contributed by atoms with Crippen LogP contribution in [0, 0.1) is 5.92 Å². The van der Waals surface area contributed by atoms with Gasteiger partial charge < -0.3 is 14.2 Å². The van der Waals surface area contributed by atoms with E-state index in [1.807, 2.05) is 13.8 Å². The lowest BCUT2D eigenvalue weighted by molar-refractivity contribution is -0.170. The lowest BCUT2D eigenvalue weighted by atomic mass is 10.0. The molecule has 0 aliphatic carbocycles. The predicted octanol–water partition coefficient (Wildman–Crippen LogP) is 1.53. The molecule has 0 amide bonds. The van der Waals surface area contributed by atoms with Crippen molar-refractivity contribution in [3.05, 3.63) is 12.7 Å². The van der Waals surface area contributed by atoms with Crippen molar-refractivity contribution in [3.63, 3.8) is 0 Å². The average molecular weight is 318 g/mol. The number of esters is 3. The van der Waals surface area contributed by atoms with E-state index in [4.69, 9.17) is 14.2 Å². The van der Waals surface area contributed by atoms with E-state index >= 15 is 0 Å². The number of thiol groups is 1. The van der Waals surface area contributed by atoms with E-state index in [1.165, 1.54) is 0 Å². The predicted molar refractivity (Wildman–Crippen MR) is 79.9 cm³/mol. The molecule has 0 aromatic heterocycles. The fourth-order valence-corrected chi connectivity index (χ4v) is 1.69. The summed E-state index contributed by atoms with van der Waals surface area (Å²) in [5, 5.41) is 0. The summed E-state index contributed by atoms with van der Waals surface area (Å²) in [5.41, 5.74) is 0. The van der Waals surface area contributed by atoms with E-state index in [-0.39, 0.29) is 12.5 Å². The first kappa shape index (κ1) is 19.5. The van der Waals surface area contributed by atoms with Crippen LogP contribution in [0.5, 0.6) is 0 Å². The van der Waals surface area contributed by atoms with Crippen molar-refractivity contribution in [2.24, 2.45) is 5.92 Å². The number of rotatable bonds is 9. The summed E-state index contributed by atoms with van der Waals surface area (Å²) in [6.07, 6.45) is -0.754. The van der Waals surface area contributed by atoms with Gasteiger partial charge in [-0.15, -0.1) is 0 Å². The summed E-state index contributed by atoms with van der Waals surface area (Å²) in [7, 11) is 0. The third-order valence-corrected chi connectivity index (χ3v) is 2.68. The molecule has 0 heterocycles. The van der Waals surface area contributed by atoms with Gasteiger partial charge in [-0.1, -0.05) is 20.4 Å². The van der Waals surface area contributed by atoms with Gasteiger partial charge in [0, 0.05) is 11.8 Å². The lowest BCUT2D eigenvalue weighted by Crippen LogP contribution is -2.37. The maximum Gasteiger partial charge on any atom is 0.330 e. The SMILES string of the molecule is C=CC(=O)OC(C)C(OC(=O)CC(=O)OCCS)C(C)C. The van der Waals surface area contributed by atoms with Crippen molar-refractivity contribution in [1.82, 2.24) is 0 Å². The van der Waals surface area contributed by atoms with Crippen molar-refractivity contribution in [2.45, 2.75) is 39.4 Å². The Labute approximate surface area is 130 Å². The molecule has 0 aliphatic heterocycles. The van der Waals surface area contributed by atoms with Crippen molar-refractivity contribution in [1.29, 1.82) is 0 Å². The van der Waals surface area contributed by atoms with Crippen molar-refractivity contribution in [2.75, 3.05) is 12.4 Å². The van der Waals surface area contributed by atoms with Crippen LogP contribution in [0.4, 0.5) is 0 Å². The van der Waals surface area contributed by atoms with Gasteiger partial charge >= 0.3 is 17.9 Å². The van der Waals surface area contributed by atoms with Crippen molar-refractivity contribution < 1.29 is 28.6 Å². The van der Waals surface area contributed by atoms with Crippen LogP contribution in [0.25, 0.3) is 0 Å². The van der Waals surface area contributed by atoms with Crippen molar-refractivity contribution in [3.8, 4) is 0 Å². The van der Waals surface area contributed by atoms with Gasteiger partial charge in [0.2, 0.25) is 0 Å². The molecule has 0 fully saturated rings. The first-order valence-corrected chi connectivity index (χ1v) is 7.24. The van der Waals surface area contributed by atoms with Crippen LogP contribution in [-0.2, 0) is 28.6 Å². The van der Waals surface area contributed by atoms with E-state index in [0.29, 0.717) is 5.75 Å². The normalized spacial score (nSPS) is 13.2. The molecule has 120 valence electrons. The molecule has 0 bridgehead atoms. The number of hydrogen-bond donors (Lipinski definition) is 1. The Morgan fingerprint density at radius 3 is 2.24 bits per heavy atom. The zero-order valence-electron chi connectivity index (χ0n) is 12.5. The van der Waals surface area contributed by atoms with E-state index in [9.17, 15) is 14.4 Å². The quantitative estimate of drug-likeness (QED) is 0.228. The van der Waals surface area contributed by atoms with Crippen LogP contribution in [0.2, 0.25) is 0 Å². The first-order chi connectivity index (χ1) is 9.81. The molecular weight excluding hydrogens is 296 g/mol. The molecule has 0 aromatic carbocycles. The van der Waals surface area contributed by atoms with Gasteiger partial charge in [0.15, 0.2) is 0 Å². The number of ether oxygens (including phenoxy) is 3. The van der Waals surface area contributed by atoms with Crippen LogP contribution in [-0.4, -0.2) is 42.5 Å². The number of carbonyl (C=O) groups is 3. The van der Waals surface area contributed by atoms with E-state index < -0.39 is 36.5 Å². The molecule has 0 saturated heterocycles. The molecule has 0 N–H and O–H groups in total. The molecule has 0 spiro atoms. The second-order valence-electron chi connectivity index (χ2n) is 4.67. The summed E-state index contributed by atoms with van der Waals surface area (Å²) in [6.45, 7) is 8.67. The Kier molecular flexibility index (Phi) is 9.53. The molecule has 0 rings (SSSR count). The van der Waals surface area contributed by atoms with E-state index in [1.54, 1.807) is 6.92 Å². The van der Waals surface area contributed by atoms with Crippen LogP contribution in [0.1, 0.15) is 27.2 Å². The standard InChI is InChI=1S/C14H22O6S/c1-5-11(15)19-10(4)14(9(2)3)20-13(17)8-12(16)18-6-7-21/h5,9-10,14,21H,1,6-8H2,2-4H3. The third-order valence-electron chi connectivity index (χ3n) is 2.50. The number of carbonyl (C=O) groups excluding carboxylic acids is 3. The Morgan fingerprint density at radius 2 is 1.76 bits per heavy atom. The fourth-order valence-electron chi connectivity index (χ4n) is 1.59. The van der Waals surface area contributed by atoms with Gasteiger partial charge in [-0.2, -0.15) is 12.6 Å². The minimum atomic E-state index is -0.723. The molecule has 0 aromatic rings. The maximum absolute atomic E-state index is 11.7. The molecule has 0 radical (unpaired) electrons. The van der Waals surface area contributed by atoms with E-state index in [2.05, 4.69) is 19.2 Å². The number of hydrogen-bond acceptors (Lipinski definition) is 7. The second-order valence-corrected chi connectivity index (χ2v) is 5.11. The van der Waals surface area contributed by atoms with Crippen LogP contribution >= 0.6 is 12.6 Å². The van der Waals surface area contributed by atoms with Gasteiger partial charge in [0.05, 0.1) is 0 Å². The van der Waals surface area contributed by atoms with Gasteiger partial charge in [-0.3, -0.25) is 9.59 Å². The summed E-state index contributed by atoms with van der Waals surface area (Å²) >= 11 is 3.89. The molecular formula is C14H22O6S. The largest absolute Gasteiger partial charge is 0.464 e. The monoisotopic (exact) mass is 318 g/mol. The smallest absolute Gasteiger partial charge is 0.330 e. The average Bonchev–Trinajstić information content (AvgIpc) is 2.41. The molecule has 2 atom stereocenters. The zero-order chi connectivity index (χ0) is 16.4. The highest BCUT2D eigenvalue weighted by Crippen LogP contribution is 2.15. The van der Waals surface area contributed by atoms with Gasteiger partial charge in [0.1, 0.15) is 25.2 Å². The van der Waals surface area contributed by atoms with Gasteiger partial charge in [-0.05, 0) is 12.8 Å². The Bertz CT molecular complexity index is 380. The topological polar surface area (TPSA) is 78.9 Å². The van der Waals surface area contributed by atoms with Gasteiger partial charge in [0.25, 0.3) is 0 Å². The molecule has 21 heavy (non-hydrogen) atoms. The maximum atomic E-state index is 11.7. The Hall–Kier alpha value is -1.50. The van der Waals surface area contributed by atoms with Crippen LogP contribution in [0.3, 0.4) is 0 Å². The highest BCUT2D eigenvalue weighted by Gasteiger charge is 2.28. The van der Waals surface area contributed by atoms with Gasteiger partial charge in [-0.25, -0.2) is 4.79 Å². The Balaban J connectivity index is 4.49. The molecule has 6 nitrogen and oxygen atoms in total. The molecule has 2 unspecified atom stereocenters. The minimum Gasteiger partial charge on any atom is -0.464 e. The molecule has 0 aliphatic rings. The molecule has 0 saturated carbocycles. The fraction of sp³-hybridized carbons (Fsp3) is 0.643. The first-order valence-electron chi connectivity index (χ1n) is 6.60. The second kappa shape index (κ2) is 10.3. The van der Waals surface area contributed by atoms with Crippen LogP contribution in [0.15, 0.2) is 12.7 Å². The van der Waals surface area contributed by atoms with Crippen LogP contribution < -0.4 is 0 Å². The summed E-state index contributed by atoms with van der Waals surface area (Å²) < 4.78 is 15.0. The van der Waals surface area contributed by atoms with E-state index in [0.717, 1.165) is 6.08 Å². The highest BCUT2D eigenvalue weighted by molar-refractivity contribution is 7.80. The minimum absolute atomic E-state index is 0.0879.